The molecular formula is C21H20BrNO2. The molecule has 0 unspecified atom stereocenters. The average molecular weight is 398 g/mol. The Hall–Kier alpha value is -2.07. The predicted molar refractivity (Wildman–Crippen MR) is 103 cm³/mol. The second-order valence-corrected chi connectivity index (χ2v) is 7.42. The third-order valence-electron chi connectivity index (χ3n) is 5.24. The van der Waals surface area contributed by atoms with E-state index in [9.17, 15) is 4.79 Å². The molecule has 3 atom stereocenters. The van der Waals surface area contributed by atoms with Crippen LogP contribution in [0.3, 0.4) is 0 Å². The number of carbonyl (C=O) groups is 1. The van der Waals surface area contributed by atoms with Gasteiger partial charge in [-0.2, -0.15) is 0 Å². The maximum atomic E-state index is 13.2. The minimum absolute atomic E-state index is 0.0121. The highest BCUT2D eigenvalue weighted by molar-refractivity contribution is 9.10. The molecule has 0 aromatic heterocycles. The fraction of sp³-hybridized carbons (Fsp3) is 0.286. The molecule has 0 spiro atoms. The predicted octanol–water partition coefficient (Wildman–Crippen LogP) is 5.13. The second-order valence-electron chi connectivity index (χ2n) is 6.56. The van der Waals surface area contributed by atoms with Gasteiger partial charge < -0.3 is 9.64 Å². The molecule has 1 aliphatic carbocycles. The van der Waals surface area contributed by atoms with Gasteiger partial charge in [-0.15, -0.1) is 0 Å². The quantitative estimate of drug-likeness (QED) is 0.671. The van der Waals surface area contributed by atoms with Crippen LogP contribution in [0.4, 0.5) is 5.69 Å². The first-order valence-electron chi connectivity index (χ1n) is 8.59. The first-order chi connectivity index (χ1) is 12.2. The number of nitrogens with zero attached hydrogens (tertiary/aromatic N) is 1. The van der Waals surface area contributed by atoms with E-state index >= 15 is 0 Å². The molecular weight excluding hydrogens is 378 g/mol. The Morgan fingerprint density at radius 3 is 2.60 bits per heavy atom. The van der Waals surface area contributed by atoms with E-state index in [1.165, 1.54) is 0 Å². The molecule has 2 aromatic carbocycles. The summed E-state index contributed by atoms with van der Waals surface area (Å²) in [6.45, 7) is 0. The standard InChI is InChI=1S/C21H20BrNO2/c1-25-15-12-10-14(11-13-15)23-20(18-8-4-5-9-19(18)22)16-6-2-3-7-17(16)21(23)24/h2,4-6,8-13,16-17,20H,3,7H2,1H3/t16-,17+,20-/m1/s1. The molecule has 3 nitrogen and oxygen atoms in total. The summed E-state index contributed by atoms with van der Waals surface area (Å²) in [4.78, 5) is 15.2. The van der Waals surface area contributed by atoms with Crippen molar-refractivity contribution in [1.29, 1.82) is 0 Å². The van der Waals surface area contributed by atoms with Gasteiger partial charge in [0, 0.05) is 22.0 Å². The minimum Gasteiger partial charge on any atom is -0.497 e. The molecule has 0 N–H and O–H groups in total. The lowest BCUT2D eigenvalue weighted by Crippen LogP contribution is -2.29. The molecule has 4 rings (SSSR count). The normalized spacial score (nSPS) is 25.1. The van der Waals surface area contributed by atoms with E-state index in [4.69, 9.17) is 4.74 Å². The zero-order valence-corrected chi connectivity index (χ0v) is 15.6. The SMILES string of the molecule is COc1ccc(N2C(=O)[C@H]3CCC=C[C@H]3[C@@H]2c2ccccc2Br)cc1. The first kappa shape index (κ1) is 16.4. The highest BCUT2D eigenvalue weighted by Crippen LogP contribution is 2.49. The van der Waals surface area contributed by atoms with Crippen molar-refractivity contribution < 1.29 is 9.53 Å². The van der Waals surface area contributed by atoms with Gasteiger partial charge in [0.05, 0.1) is 13.2 Å². The Balaban J connectivity index is 1.83. The molecule has 0 bridgehead atoms. The number of amides is 1. The number of methoxy groups -OCH3 is 1. The Morgan fingerprint density at radius 1 is 1.12 bits per heavy atom. The van der Waals surface area contributed by atoms with Gasteiger partial charge in [-0.25, -0.2) is 0 Å². The largest absolute Gasteiger partial charge is 0.497 e. The van der Waals surface area contributed by atoms with Crippen molar-refractivity contribution in [2.45, 2.75) is 18.9 Å². The van der Waals surface area contributed by atoms with Crippen molar-refractivity contribution in [2.75, 3.05) is 12.0 Å². The van der Waals surface area contributed by atoms with Gasteiger partial charge in [-0.1, -0.05) is 46.3 Å². The lowest BCUT2D eigenvalue weighted by molar-refractivity contribution is -0.121. The lowest BCUT2D eigenvalue weighted by atomic mass is 9.81. The number of benzene rings is 2. The molecule has 25 heavy (non-hydrogen) atoms. The van der Waals surface area contributed by atoms with Gasteiger partial charge >= 0.3 is 0 Å². The topological polar surface area (TPSA) is 29.5 Å². The van der Waals surface area contributed by atoms with Crippen molar-refractivity contribution in [3.63, 3.8) is 0 Å². The molecule has 4 heteroatoms. The van der Waals surface area contributed by atoms with E-state index in [0.717, 1.165) is 34.3 Å². The maximum Gasteiger partial charge on any atom is 0.231 e. The zero-order valence-electron chi connectivity index (χ0n) is 14.1. The zero-order chi connectivity index (χ0) is 17.4. The summed E-state index contributed by atoms with van der Waals surface area (Å²) >= 11 is 3.68. The molecule has 1 saturated heterocycles. The molecule has 2 aliphatic rings. The molecule has 128 valence electrons. The minimum atomic E-state index is 0.0121. The molecule has 1 fully saturated rings. The van der Waals surface area contributed by atoms with E-state index < -0.39 is 0 Å². The summed E-state index contributed by atoms with van der Waals surface area (Å²) in [5.41, 5.74) is 2.08. The number of allylic oxidation sites excluding steroid dienone is 1. The van der Waals surface area contributed by atoms with Crippen LogP contribution in [-0.4, -0.2) is 13.0 Å². The molecule has 2 aromatic rings. The van der Waals surface area contributed by atoms with E-state index in [1.54, 1.807) is 7.11 Å². The molecule has 1 heterocycles. The van der Waals surface area contributed by atoms with E-state index in [1.807, 2.05) is 47.4 Å². The fourth-order valence-electron chi connectivity index (χ4n) is 4.05. The van der Waals surface area contributed by atoms with Crippen LogP contribution >= 0.6 is 15.9 Å². The number of rotatable bonds is 3. The summed E-state index contributed by atoms with van der Waals surface area (Å²) < 4.78 is 6.31. The van der Waals surface area contributed by atoms with Crippen molar-refractivity contribution in [1.82, 2.24) is 0 Å². The van der Waals surface area contributed by atoms with Gasteiger partial charge in [0.25, 0.3) is 0 Å². The Morgan fingerprint density at radius 2 is 1.88 bits per heavy atom. The third kappa shape index (κ3) is 2.78. The van der Waals surface area contributed by atoms with Crippen LogP contribution in [0.25, 0.3) is 0 Å². The van der Waals surface area contributed by atoms with Crippen LogP contribution < -0.4 is 9.64 Å². The number of hydrogen-bond acceptors (Lipinski definition) is 2. The average Bonchev–Trinajstić information content (AvgIpc) is 2.95. The van der Waals surface area contributed by atoms with Gasteiger partial charge in [0.1, 0.15) is 5.75 Å². The highest BCUT2D eigenvalue weighted by atomic mass is 79.9. The van der Waals surface area contributed by atoms with E-state index in [-0.39, 0.29) is 23.8 Å². The number of ether oxygens (including phenoxy) is 1. The summed E-state index contributed by atoms with van der Waals surface area (Å²) in [5.74, 6) is 1.29. The third-order valence-corrected chi connectivity index (χ3v) is 5.96. The van der Waals surface area contributed by atoms with Crippen molar-refractivity contribution in [3.05, 3.63) is 70.7 Å². The van der Waals surface area contributed by atoms with E-state index in [2.05, 4.69) is 34.1 Å². The fourth-order valence-corrected chi connectivity index (χ4v) is 4.57. The maximum absolute atomic E-state index is 13.2. The Bertz CT molecular complexity index is 815. The lowest BCUT2D eigenvalue weighted by Gasteiger charge is -2.29. The van der Waals surface area contributed by atoms with Crippen molar-refractivity contribution in [2.24, 2.45) is 11.8 Å². The van der Waals surface area contributed by atoms with Crippen LogP contribution in [0.1, 0.15) is 24.4 Å². The van der Waals surface area contributed by atoms with Crippen LogP contribution in [0.2, 0.25) is 0 Å². The Labute approximate surface area is 156 Å². The van der Waals surface area contributed by atoms with Crippen LogP contribution in [0.5, 0.6) is 5.75 Å². The highest BCUT2D eigenvalue weighted by Gasteiger charge is 2.48. The van der Waals surface area contributed by atoms with Gasteiger partial charge in [-0.05, 0) is 48.7 Å². The summed E-state index contributed by atoms with van der Waals surface area (Å²) in [7, 11) is 1.65. The van der Waals surface area contributed by atoms with Crippen LogP contribution in [-0.2, 0) is 4.79 Å². The van der Waals surface area contributed by atoms with Gasteiger partial charge in [0.2, 0.25) is 5.91 Å². The second kappa shape index (κ2) is 6.68. The Kier molecular flexibility index (Phi) is 4.38. The number of carbonyl (C=O) groups excluding carboxylic acids is 1. The summed E-state index contributed by atoms with van der Waals surface area (Å²) in [5, 5.41) is 0. The molecule has 1 amide bonds. The summed E-state index contributed by atoms with van der Waals surface area (Å²) in [6, 6.07) is 16.0. The monoisotopic (exact) mass is 397 g/mol. The van der Waals surface area contributed by atoms with Crippen molar-refractivity contribution >= 4 is 27.5 Å². The number of fused-ring (bicyclic) bond motifs is 1. The van der Waals surface area contributed by atoms with Crippen LogP contribution in [0, 0.1) is 11.8 Å². The summed E-state index contributed by atoms with van der Waals surface area (Å²) in [6.07, 6.45) is 6.36. The van der Waals surface area contributed by atoms with Gasteiger partial charge in [0.15, 0.2) is 0 Å². The molecule has 0 radical (unpaired) electrons. The number of halogens is 1. The van der Waals surface area contributed by atoms with Crippen LogP contribution in [0.15, 0.2) is 65.2 Å². The number of hydrogen-bond donors (Lipinski definition) is 0. The smallest absolute Gasteiger partial charge is 0.231 e. The van der Waals surface area contributed by atoms with Gasteiger partial charge in [-0.3, -0.25) is 4.79 Å². The van der Waals surface area contributed by atoms with E-state index in [0.29, 0.717) is 0 Å². The molecule has 1 aliphatic heterocycles. The van der Waals surface area contributed by atoms with Crippen molar-refractivity contribution in [3.8, 4) is 5.75 Å². The number of anilines is 1. The molecule has 0 saturated carbocycles. The first-order valence-corrected chi connectivity index (χ1v) is 9.38.